The van der Waals surface area contributed by atoms with E-state index in [1.807, 2.05) is 35.2 Å². The lowest BCUT2D eigenvalue weighted by Gasteiger charge is -2.19. The minimum absolute atomic E-state index is 0.0162. The van der Waals surface area contributed by atoms with Crippen molar-refractivity contribution in [2.24, 2.45) is 5.92 Å². The molecule has 3 aromatic rings. The number of hydrogen-bond acceptors (Lipinski definition) is 3. The summed E-state index contributed by atoms with van der Waals surface area (Å²) in [6.45, 7) is 2.17. The van der Waals surface area contributed by atoms with Crippen LogP contribution in [0.1, 0.15) is 49.1 Å². The molecular weight excluding hydrogens is 484 g/mol. The molecule has 4 rings (SSSR count). The van der Waals surface area contributed by atoms with Gasteiger partial charge in [0, 0.05) is 37.7 Å². The van der Waals surface area contributed by atoms with E-state index in [0.29, 0.717) is 19.5 Å². The summed E-state index contributed by atoms with van der Waals surface area (Å²) in [7, 11) is 0. The normalized spacial score (nSPS) is 15.0. The first kappa shape index (κ1) is 27.3. The van der Waals surface area contributed by atoms with Crippen molar-refractivity contribution >= 4 is 17.5 Å². The second-order valence-corrected chi connectivity index (χ2v) is 9.92. The van der Waals surface area contributed by atoms with Crippen molar-refractivity contribution in [2.45, 2.75) is 38.0 Å². The zero-order valence-corrected chi connectivity index (χ0v) is 21.5. The predicted molar refractivity (Wildman–Crippen MR) is 146 cm³/mol. The lowest BCUT2D eigenvalue weighted by atomic mass is 9.87. The third-order valence-corrected chi connectivity index (χ3v) is 7.13. The lowest BCUT2D eigenvalue weighted by molar-refractivity contribution is -0.130. The van der Waals surface area contributed by atoms with Crippen LogP contribution in [-0.4, -0.2) is 42.9 Å². The number of likely N-dealkylation sites (tertiary alicyclic amines) is 1. The molecule has 1 unspecified atom stereocenters. The van der Waals surface area contributed by atoms with Gasteiger partial charge in [0.15, 0.2) is 0 Å². The highest BCUT2D eigenvalue weighted by molar-refractivity contribution is 5.80. The van der Waals surface area contributed by atoms with Gasteiger partial charge in [-0.25, -0.2) is 8.78 Å². The number of amides is 2. The first-order chi connectivity index (χ1) is 18.5. The highest BCUT2D eigenvalue weighted by Gasteiger charge is 2.26. The molecule has 0 aliphatic carbocycles. The SMILES string of the molecule is O=C(CNc1ccccc1)NCC1CCN(C(=O)CCCCC(c2ccc(F)cc2)c2ccc(F)cc2)C1. The number of nitrogens with zero attached hydrogens (tertiary/aromatic N) is 1. The van der Waals surface area contributed by atoms with Gasteiger partial charge in [-0.15, -0.1) is 0 Å². The van der Waals surface area contributed by atoms with Gasteiger partial charge in [0.1, 0.15) is 11.6 Å². The summed E-state index contributed by atoms with van der Waals surface area (Å²) in [6, 6.07) is 22.5. The van der Waals surface area contributed by atoms with E-state index in [-0.39, 0.29) is 41.8 Å². The largest absolute Gasteiger partial charge is 0.376 e. The maximum Gasteiger partial charge on any atom is 0.239 e. The van der Waals surface area contributed by atoms with Gasteiger partial charge in [-0.3, -0.25) is 9.59 Å². The minimum Gasteiger partial charge on any atom is -0.376 e. The Bertz CT molecular complexity index is 1120. The Balaban J connectivity index is 1.18. The van der Waals surface area contributed by atoms with E-state index in [0.717, 1.165) is 49.0 Å². The Kier molecular flexibility index (Phi) is 9.84. The summed E-state index contributed by atoms with van der Waals surface area (Å²) in [6.07, 6.45) is 3.72. The number of benzene rings is 3. The number of rotatable bonds is 12. The number of nitrogens with one attached hydrogen (secondary N) is 2. The second kappa shape index (κ2) is 13.7. The lowest BCUT2D eigenvalue weighted by Crippen LogP contribution is -2.35. The Morgan fingerprint density at radius 1 is 0.868 bits per heavy atom. The molecule has 1 fully saturated rings. The summed E-state index contributed by atoms with van der Waals surface area (Å²) >= 11 is 0. The van der Waals surface area contributed by atoms with Crippen LogP contribution in [0.3, 0.4) is 0 Å². The van der Waals surface area contributed by atoms with Crippen molar-refractivity contribution in [3.05, 3.63) is 102 Å². The standard InChI is InChI=1S/C31H35F2N3O2/c32-26-14-10-24(11-15-26)29(25-12-16-27(33)17-13-25)8-4-5-9-31(38)36-19-18-23(22-36)20-35-30(37)21-34-28-6-2-1-3-7-28/h1-3,6-7,10-17,23,29,34H,4-5,8-9,18-22H2,(H,35,37). The average Bonchev–Trinajstić information content (AvgIpc) is 3.42. The molecule has 200 valence electrons. The number of para-hydroxylation sites is 1. The zero-order chi connectivity index (χ0) is 26.7. The van der Waals surface area contributed by atoms with E-state index >= 15 is 0 Å². The number of halogens is 2. The van der Waals surface area contributed by atoms with Crippen molar-refractivity contribution in [1.82, 2.24) is 10.2 Å². The molecule has 1 heterocycles. The molecule has 3 aromatic carbocycles. The summed E-state index contributed by atoms with van der Waals surface area (Å²) in [5.41, 5.74) is 2.86. The number of unbranched alkanes of at least 4 members (excludes halogenated alkanes) is 1. The third-order valence-electron chi connectivity index (χ3n) is 7.13. The number of carbonyl (C=O) groups is 2. The molecule has 0 aromatic heterocycles. The minimum atomic E-state index is -0.287. The van der Waals surface area contributed by atoms with Crippen LogP contribution in [-0.2, 0) is 9.59 Å². The molecule has 1 atom stereocenters. The number of anilines is 1. The van der Waals surface area contributed by atoms with Crippen molar-refractivity contribution in [1.29, 1.82) is 0 Å². The fraction of sp³-hybridized carbons (Fsp3) is 0.355. The van der Waals surface area contributed by atoms with E-state index in [1.165, 1.54) is 24.3 Å². The number of carbonyl (C=O) groups excluding carboxylic acids is 2. The monoisotopic (exact) mass is 519 g/mol. The van der Waals surface area contributed by atoms with Crippen molar-refractivity contribution in [3.63, 3.8) is 0 Å². The van der Waals surface area contributed by atoms with Gasteiger partial charge in [-0.1, -0.05) is 48.9 Å². The van der Waals surface area contributed by atoms with Crippen LogP contribution < -0.4 is 10.6 Å². The maximum absolute atomic E-state index is 13.4. The first-order valence-electron chi connectivity index (χ1n) is 13.3. The van der Waals surface area contributed by atoms with Crippen LogP contribution >= 0.6 is 0 Å². The second-order valence-electron chi connectivity index (χ2n) is 9.92. The molecule has 7 heteroatoms. The van der Waals surface area contributed by atoms with Crippen LogP contribution in [0.4, 0.5) is 14.5 Å². The Labute approximate surface area is 223 Å². The molecule has 5 nitrogen and oxygen atoms in total. The fourth-order valence-electron chi connectivity index (χ4n) is 4.98. The molecule has 1 aliphatic heterocycles. The van der Waals surface area contributed by atoms with Gasteiger partial charge in [0.25, 0.3) is 0 Å². The van der Waals surface area contributed by atoms with Crippen molar-refractivity contribution in [2.75, 3.05) is 31.5 Å². The van der Waals surface area contributed by atoms with Gasteiger partial charge in [0.2, 0.25) is 11.8 Å². The Morgan fingerprint density at radius 2 is 1.50 bits per heavy atom. The topological polar surface area (TPSA) is 61.4 Å². The molecule has 0 saturated carbocycles. The molecule has 38 heavy (non-hydrogen) atoms. The molecule has 1 saturated heterocycles. The Morgan fingerprint density at radius 3 is 2.13 bits per heavy atom. The fourth-order valence-corrected chi connectivity index (χ4v) is 4.98. The van der Waals surface area contributed by atoms with Gasteiger partial charge < -0.3 is 15.5 Å². The molecule has 2 N–H and O–H groups in total. The van der Waals surface area contributed by atoms with Crippen LogP contribution in [0.5, 0.6) is 0 Å². The molecular formula is C31H35F2N3O2. The summed E-state index contributed by atoms with van der Waals surface area (Å²) in [4.78, 5) is 26.9. The quantitative estimate of drug-likeness (QED) is 0.300. The van der Waals surface area contributed by atoms with Crippen LogP contribution in [0.15, 0.2) is 78.9 Å². The maximum atomic E-state index is 13.4. The average molecular weight is 520 g/mol. The van der Waals surface area contributed by atoms with Gasteiger partial charge in [-0.05, 0) is 72.7 Å². The summed E-state index contributed by atoms with van der Waals surface area (Å²) in [5.74, 6) is -0.210. The van der Waals surface area contributed by atoms with Crippen LogP contribution in [0.2, 0.25) is 0 Å². The highest BCUT2D eigenvalue weighted by atomic mass is 19.1. The smallest absolute Gasteiger partial charge is 0.239 e. The van der Waals surface area contributed by atoms with Crippen LogP contribution in [0, 0.1) is 17.6 Å². The Hall–Kier alpha value is -3.74. The molecule has 0 bridgehead atoms. The molecule has 2 amide bonds. The van der Waals surface area contributed by atoms with E-state index in [4.69, 9.17) is 0 Å². The molecule has 1 aliphatic rings. The summed E-state index contributed by atoms with van der Waals surface area (Å²) < 4.78 is 26.9. The number of hydrogen-bond donors (Lipinski definition) is 2. The third kappa shape index (κ3) is 8.13. The highest BCUT2D eigenvalue weighted by Crippen LogP contribution is 2.30. The van der Waals surface area contributed by atoms with Gasteiger partial charge in [-0.2, -0.15) is 0 Å². The molecule has 0 spiro atoms. The predicted octanol–water partition coefficient (Wildman–Crippen LogP) is 5.73. The van der Waals surface area contributed by atoms with E-state index in [9.17, 15) is 18.4 Å². The van der Waals surface area contributed by atoms with Gasteiger partial charge in [0.05, 0.1) is 6.54 Å². The van der Waals surface area contributed by atoms with E-state index in [2.05, 4.69) is 10.6 Å². The molecule has 0 radical (unpaired) electrons. The van der Waals surface area contributed by atoms with E-state index in [1.54, 1.807) is 24.3 Å². The van der Waals surface area contributed by atoms with E-state index < -0.39 is 0 Å². The summed E-state index contributed by atoms with van der Waals surface area (Å²) in [5, 5.41) is 6.07. The van der Waals surface area contributed by atoms with Crippen LogP contribution in [0.25, 0.3) is 0 Å². The zero-order valence-electron chi connectivity index (χ0n) is 21.5. The van der Waals surface area contributed by atoms with Crippen molar-refractivity contribution < 1.29 is 18.4 Å². The van der Waals surface area contributed by atoms with Crippen molar-refractivity contribution in [3.8, 4) is 0 Å². The van der Waals surface area contributed by atoms with Gasteiger partial charge >= 0.3 is 0 Å². The first-order valence-corrected chi connectivity index (χ1v) is 13.3.